The Morgan fingerprint density at radius 1 is 0.967 bits per heavy atom. The fourth-order valence-electron chi connectivity index (χ4n) is 3.79. The van der Waals surface area contributed by atoms with Crippen molar-refractivity contribution in [2.75, 3.05) is 5.32 Å². The van der Waals surface area contributed by atoms with Crippen molar-refractivity contribution in [3.8, 4) is 0 Å². The number of benzene rings is 3. The number of aromatic nitrogens is 1. The molecular weight excluding hydrogens is 376 g/mol. The largest absolute Gasteiger partial charge is 0.454 e. The first kappa shape index (κ1) is 18.1. The molecule has 1 atom stereocenters. The van der Waals surface area contributed by atoms with Gasteiger partial charge in [-0.25, -0.2) is 4.79 Å². The Morgan fingerprint density at radius 3 is 2.67 bits per heavy atom. The molecule has 2 heterocycles. The molecule has 1 aliphatic rings. The average Bonchev–Trinajstić information content (AvgIpc) is 2.79. The van der Waals surface area contributed by atoms with Crippen LogP contribution in [0.5, 0.6) is 0 Å². The van der Waals surface area contributed by atoms with Gasteiger partial charge in [-0.15, -0.1) is 0 Å². The molecule has 146 valence electrons. The van der Waals surface area contributed by atoms with Crippen molar-refractivity contribution in [3.63, 3.8) is 0 Å². The summed E-state index contributed by atoms with van der Waals surface area (Å²) in [4.78, 5) is 29.8. The summed E-state index contributed by atoms with van der Waals surface area (Å²) < 4.78 is 5.60. The Labute approximate surface area is 173 Å². The summed E-state index contributed by atoms with van der Waals surface area (Å²) in [5.41, 5.74) is 4.13. The summed E-state index contributed by atoms with van der Waals surface area (Å²) in [5, 5.41) is 3.90. The van der Waals surface area contributed by atoms with Crippen LogP contribution in [0, 0.1) is 0 Å². The number of esters is 1. The minimum absolute atomic E-state index is 0.244. The van der Waals surface area contributed by atoms with Gasteiger partial charge in [0.25, 0.3) is 5.91 Å². The first-order chi connectivity index (χ1) is 14.7. The summed E-state index contributed by atoms with van der Waals surface area (Å²) >= 11 is 0. The second kappa shape index (κ2) is 7.44. The number of hydrogen-bond acceptors (Lipinski definition) is 4. The number of carbonyl (C=O) groups excluding carboxylic acids is 2. The minimum Gasteiger partial charge on any atom is -0.454 e. The van der Waals surface area contributed by atoms with E-state index in [4.69, 9.17) is 4.74 Å². The van der Waals surface area contributed by atoms with Crippen LogP contribution in [0.2, 0.25) is 0 Å². The molecule has 1 amide bonds. The molecular formula is C25H18N2O3. The molecule has 0 saturated carbocycles. The number of nitrogens with one attached hydrogen (secondary N) is 1. The van der Waals surface area contributed by atoms with Gasteiger partial charge >= 0.3 is 5.97 Å². The zero-order chi connectivity index (χ0) is 20.5. The third-order valence-corrected chi connectivity index (χ3v) is 5.29. The lowest BCUT2D eigenvalue weighted by atomic mass is 9.93. The number of rotatable bonds is 3. The van der Waals surface area contributed by atoms with Crippen molar-refractivity contribution in [2.45, 2.75) is 12.5 Å². The number of nitrogens with zero attached hydrogens (tertiary/aromatic N) is 1. The molecule has 5 heteroatoms. The minimum atomic E-state index is -0.365. The maximum Gasteiger partial charge on any atom is 0.339 e. The fraction of sp³-hybridized carbons (Fsp3) is 0.0800. The Kier molecular flexibility index (Phi) is 4.48. The van der Waals surface area contributed by atoms with Crippen LogP contribution in [0.4, 0.5) is 5.69 Å². The molecule has 1 aromatic heterocycles. The number of ether oxygens (including phenoxy) is 1. The summed E-state index contributed by atoms with van der Waals surface area (Å²) in [6.45, 7) is 0. The monoisotopic (exact) mass is 394 g/mol. The van der Waals surface area contributed by atoms with Crippen molar-refractivity contribution in [2.24, 2.45) is 0 Å². The Hall–Kier alpha value is -3.99. The molecule has 0 radical (unpaired) electrons. The Bertz CT molecular complexity index is 1260. The number of carbonyl (C=O) groups is 2. The van der Waals surface area contributed by atoms with Crippen LogP contribution >= 0.6 is 0 Å². The maximum absolute atomic E-state index is 12.9. The van der Waals surface area contributed by atoms with E-state index in [0.29, 0.717) is 23.2 Å². The number of hydrogen-bond donors (Lipinski definition) is 1. The molecule has 0 saturated heterocycles. The lowest BCUT2D eigenvalue weighted by Crippen LogP contribution is -2.23. The number of cyclic esters (lactones) is 1. The third-order valence-electron chi connectivity index (χ3n) is 5.29. The van der Waals surface area contributed by atoms with E-state index in [1.165, 1.54) is 0 Å². The van der Waals surface area contributed by atoms with Gasteiger partial charge in [0.2, 0.25) is 0 Å². The molecule has 0 bridgehead atoms. The first-order valence-electron chi connectivity index (χ1n) is 9.73. The molecule has 0 aliphatic carbocycles. The summed E-state index contributed by atoms with van der Waals surface area (Å²) in [5.74, 6) is -0.610. The standard InChI is InChI=1S/C25H18N2O3/c28-24(27-21-10-4-8-17-9-5-13-26-23(17)21)18-11-12-20-19(14-18)15-22(30-25(20)29)16-6-2-1-3-7-16/h1-14,22H,15H2,(H,27,28)/t22-/m1/s1. The van der Waals surface area contributed by atoms with Gasteiger partial charge in [0.05, 0.1) is 16.8 Å². The Balaban J connectivity index is 1.44. The van der Waals surface area contributed by atoms with Gasteiger partial charge in [-0.3, -0.25) is 9.78 Å². The molecule has 0 unspecified atom stereocenters. The highest BCUT2D eigenvalue weighted by Gasteiger charge is 2.28. The second-order valence-electron chi connectivity index (χ2n) is 7.22. The van der Waals surface area contributed by atoms with Gasteiger partial charge in [0.1, 0.15) is 6.10 Å². The first-order valence-corrected chi connectivity index (χ1v) is 9.73. The molecule has 1 aliphatic heterocycles. The zero-order valence-corrected chi connectivity index (χ0v) is 16.0. The summed E-state index contributed by atoms with van der Waals surface area (Å²) in [6.07, 6.45) is 1.88. The zero-order valence-electron chi connectivity index (χ0n) is 16.0. The van der Waals surface area contributed by atoms with E-state index in [1.54, 1.807) is 24.4 Å². The molecule has 5 nitrogen and oxygen atoms in total. The topological polar surface area (TPSA) is 68.3 Å². The quantitative estimate of drug-likeness (QED) is 0.500. The third kappa shape index (κ3) is 3.31. The molecule has 0 spiro atoms. The van der Waals surface area contributed by atoms with Crippen LogP contribution < -0.4 is 5.32 Å². The van der Waals surface area contributed by atoms with Gasteiger partial charge in [-0.2, -0.15) is 0 Å². The number of anilines is 1. The molecule has 3 aromatic carbocycles. The SMILES string of the molecule is O=C(Nc1cccc2cccnc12)c1ccc2c(c1)C[C@H](c1ccccc1)OC2=O. The van der Waals surface area contributed by atoms with Gasteiger partial charge in [0, 0.05) is 23.6 Å². The van der Waals surface area contributed by atoms with E-state index in [-0.39, 0.29) is 18.0 Å². The van der Waals surface area contributed by atoms with Crippen molar-refractivity contribution >= 4 is 28.5 Å². The van der Waals surface area contributed by atoms with E-state index in [2.05, 4.69) is 10.3 Å². The average molecular weight is 394 g/mol. The Morgan fingerprint density at radius 2 is 1.80 bits per heavy atom. The van der Waals surface area contributed by atoms with Crippen LogP contribution in [-0.4, -0.2) is 16.9 Å². The van der Waals surface area contributed by atoms with Crippen molar-refractivity contribution < 1.29 is 14.3 Å². The second-order valence-corrected chi connectivity index (χ2v) is 7.22. The van der Waals surface area contributed by atoms with E-state index < -0.39 is 0 Å². The smallest absolute Gasteiger partial charge is 0.339 e. The summed E-state index contributed by atoms with van der Waals surface area (Å²) in [7, 11) is 0. The highest BCUT2D eigenvalue weighted by atomic mass is 16.5. The molecule has 1 N–H and O–H groups in total. The van der Waals surface area contributed by atoms with E-state index in [1.807, 2.05) is 60.7 Å². The molecule has 4 aromatic rings. The number of fused-ring (bicyclic) bond motifs is 2. The van der Waals surface area contributed by atoms with Crippen molar-refractivity contribution in [3.05, 3.63) is 107 Å². The lowest BCUT2D eigenvalue weighted by molar-refractivity contribution is 0.0252. The molecule has 30 heavy (non-hydrogen) atoms. The maximum atomic E-state index is 12.9. The van der Waals surface area contributed by atoms with Crippen LogP contribution in [0.15, 0.2) is 85.1 Å². The highest BCUT2D eigenvalue weighted by molar-refractivity contribution is 6.08. The van der Waals surface area contributed by atoms with Crippen molar-refractivity contribution in [1.82, 2.24) is 4.98 Å². The fourth-order valence-corrected chi connectivity index (χ4v) is 3.79. The summed E-state index contributed by atoms with van der Waals surface area (Å²) in [6, 6.07) is 24.2. The van der Waals surface area contributed by atoms with Gasteiger partial charge < -0.3 is 10.1 Å². The van der Waals surface area contributed by atoms with Crippen LogP contribution in [0.1, 0.15) is 37.9 Å². The lowest BCUT2D eigenvalue weighted by Gasteiger charge is -2.25. The van der Waals surface area contributed by atoms with Gasteiger partial charge in [-0.1, -0.05) is 48.5 Å². The normalized spacial score (nSPS) is 15.3. The van der Waals surface area contributed by atoms with Gasteiger partial charge in [0.15, 0.2) is 0 Å². The van der Waals surface area contributed by atoms with Crippen LogP contribution in [-0.2, 0) is 11.2 Å². The molecule has 5 rings (SSSR count). The predicted molar refractivity (Wildman–Crippen MR) is 114 cm³/mol. The molecule has 0 fully saturated rings. The van der Waals surface area contributed by atoms with Gasteiger partial charge in [-0.05, 0) is 41.5 Å². The van der Waals surface area contributed by atoms with Crippen molar-refractivity contribution in [1.29, 1.82) is 0 Å². The number of pyridine rings is 1. The number of para-hydroxylation sites is 1. The van der Waals surface area contributed by atoms with E-state index in [9.17, 15) is 9.59 Å². The highest BCUT2D eigenvalue weighted by Crippen LogP contribution is 2.31. The van der Waals surface area contributed by atoms with Crippen LogP contribution in [0.25, 0.3) is 10.9 Å². The van der Waals surface area contributed by atoms with Crippen LogP contribution in [0.3, 0.4) is 0 Å². The van der Waals surface area contributed by atoms with E-state index >= 15 is 0 Å². The number of amides is 1. The predicted octanol–water partition coefficient (Wildman–Crippen LogP) is 4.94. The van der Waals surface area contributed by atoms with E-state index in [0.717, 1.165) is 22.0 Å².